The summed E-state index contributed by atoms with van der Waals surface area (Å²) in [6, 6.07) is 0. The van der Waals surface area contributed by atoms with Crippen molar-refractivity contribution < 1.29 is 14.3 Å². The maximum atomic E-state index is 10.0. The van der Waals surface area contributed by atoms with Crippen LogP contribution in [-0.2, 0) is 14.3 Å². The number of rotatable bonds is 4. The van der Waals surface area contributed by atoms with Gasteiger partial charge in [-0.1, -0.05) is 31.9 Å². The molecule has 0 aromatic heterocycles. The van der Waals surface area contributed by atoms with Crippen molar-refractivity contribution in [2.45, 2.75) is 52.4 Å². The van der Waals surface area contributed by atoms with Crippen LogP contribution in [0.5, 0.6) is 0 Å². The highest BCUT2D eigenvalue weighted by molar-refractivity contribution is 5.92. The molecule has 0 atom stereocenters. The second-order valence-corrected chi connectivity index (χ2v) is 3.41. The molecule has 1 rings (SSSR count). The average Bonchev–Trinajstić information content (AvgIpc) is 2.58. The van der Waals surface area contributed by atoms with Gasteiger partial charge >= 0.3 is 11.9 Å². The topological polar surface area (TPSA) is 43.4 Å². The van der Waals surface area contributed by atoms with E-state index in [1.165, 1.54) is 25.7 Å². The van der Waals surface area contributed by atoms with E-state index in [1.807, 2.05) is 0 Å². The Morgan fingerprint density at radius 1 is 1.20 bits per heavy atom. The van der Waals surface area contributed by atoms with Gasteiger partial charge in [0.05, 0.1) is 12.8 Å². The predicted octanol–water partition coefficient (Wildman–Crippen LogP) is 2.99. The van der Waals surface area contributed by atoms with Gasteiger partial charge in [-0.25, -0.2) is 0 Å². The first-order valence-corrected chi connectivity index (χ1v) is 5.55. The summed E-state index contributed by atoms with van der Waals surface area (Å²) in [7, 11) is 0. The van der Waals surface area contributed by atoms with E-state index in [1.54, 1.807) is 0 Å². The van der Waals surface area contributed by atoms with Crippen LogP contribution in [0.3, 0.4) is 0 Å². The van der Waals surface area contributed by atoms with Gasteiger partial charge < -0.3 is 4.74 Å². The lowest BCUT2D eigenvalue weighted by Crippen LogP contribution is -1.94. The van der Waals surface area contributed by atoms with Crippen LogP contribution in [0, 0.1) is 0 Å². The molecule has 1 heterocycles. The van der Waals surface area contributed by atoms with Crippen molar-refractivity contribution in [3.05, 3.63) is 12.2 Å². The normalized spacial score (nSPS) is 15.1. The van der Waals surface area contributed by atoms with Gasteiger partial charge in [-0.05, 0) is 19.8 Å². The molecule has 0 N–H and O–H groups in total. The number of carbonyl (C=O) groups is 2. The standard InChI is InChI=1S/C8H16.C4H4O3/c1-3-5-7-8-6-4-2;5-3-1-2-4(6)7-3/h3,5H,4,6-8H2,1-2H3;1-2H2. The van der Waals surface area contributed by atoms with Gasteiger partial charge in [0, 0.05) is 0 Å². The average molecular weight is 212 g/mol. The van der Waals surface area contributed by atoms with Gasteiger partial charge in [0.1, 0.15) is 0 Å². The minimum Gasteiger partial charge on any atom is -0.393 e. The minimum absolute atomic E-state index is 0.263. The fraction of sp³-hybridized carbons (Fsp3) is 0.667. The third kappa shape index (κ3) is 9.19. The number of hydrogen-bond acceptors (Lipinski definition) is 3. The third-order valence-electron chi connectivity index (χ3n) is 1.97. The van der Waals surface area contributed by atoms with Crippen LogP contribution in [0.1, 0.15) is 52.4 Å². The molecule has 0 aromatic rings. The van der Waals surface area contributed by atoms with Crippen LogP contribution < -0.4 is 0 Å². The minimum atomic E-state index is -0.398. The number of esters is 2. The maximum absolute atomic E-state index is 10.0. The van der Waals surface area contributed by atoms with E-state index in [2.05, 4.69) is 30.7 Å². The molecule has 0 radical (unpaired) electrons. The lowest BCUT2D eigenvalue weighted by Gasteiger charge is -1.88. The zero-order chi connectivity index (χ0) is 11.5. The number of unbranched alkanes of at least 4 members (excludes halogenated alkanes) is 3. The Labute approximate surface area is 91.5 Å². The molecule has 1 aliphatic rings. The van der Waals surface area contributed by atoms with E-state index in [4.69, 9.17) is 0 Å². The largest absolute Gasteiger partial charge is 0.393 e. The van der Waals surface area contributed by atoms with Gasteiger partial charge in [0.2, 0.25) is 0 Å². The molecule has 15 heavy (non-hydrogen) atoms. The first-order valence-electron chi connectivity index (χ1n) is 5.55. The van der Waals surface area contributed by atoms with E-state index in [0.717, 1.165) is 0 Å². The van der Waals surface area contributed by atoms with Gasteiger partial charge in [-0.15, -0.1) is 0 Å². The molecule has 0 aromatic carbocycles. The lowest BCUT2D eigenvalue weighted by atomic mass is 10.2. The zero-order valence-electron chi connectivity index (χ0n) is 9.62. The van der Waals surface area contributed by atoms with Crippen LogP contribution in [0.4, 0.5) is 0 Å². The quantitative estimate of drug-likeness (QED) is 0.311. The molecule has 0 saturated carbocycles. The van der Waals surface area contributed by atoms with Crippen LogP contribution in [0.2, 0.25) is 0 Å². The Kier molecular flexibility index (Phi) is 8.73. The second kappa shape index (κ2) is 9.44. The van der Waals surface area contributed by atoms with Crippen LogP contribution in [-0.4, -0.2) is 11.9 Å². The number of cyclic esters (lactones) is 2. The Hall–Kier alpha value is -1.12. The molecule has 86 valence electrons. The molecule has 3 heteroatoms. The molecule has 1 aliphatic heterocycles. The van der Waals surface area contributed by atoms with Crippen molar-refractivity contribution in [1.29, 1.82) is 0 Å². The first kappa shape index (κ1) is 13.9. The third-order valence-corrected chi connectivity index (χ3v) is 1.97. The number of carbonyl (C=O) groups excluding carboxylic acids is 2. The van der Waals surface area contributed by atoms with Crippen molar-refractivity contribution >= 4 is 11.9 Å². The van der Waals surface area contributed by atoms with Gasteiger partial charge in [-0.3, -0.25) is 9.59 Å². The molecular weight excluding hydrogens is 192 g/mol. The molecule has 3 nitrogen and oxygen atoms in total. The molecule has 0 spiro atoms. The van der Waals surface area contributed by atoms with Crippen LogP contribution in [0.25, 0.3) is 0 Å². The van der Waals surface area contributed by atoms with E-state index in [0.29, 0.717) is 0 Å². The van der Waals surface area contributed by atoms with Crippen molar-refractivity contribution in [1.82, 2.24) is 0 Å². The summed E-state index contributed by atoms with van der Waals surface area (Å²) in [5.74, 6) is -0.796. The number of ether oxygens (including phenoxy) is 1. The first-order chi connectivity index (χ1) is 7.20. The molecular formula is C12H20O3. The summed E-state index contributed by atoms with van der Waals surface area (Å²) < 4.78 is 4.08. The summed E-state index contributed by atoms with van der Waals surface area (Å²) in [5.41, 5.74) is 0. The molecule has 0 aliphatic carbocycles. The van der Waals surface area contributed by atoms with Gasteiger partial charge in [0.15, 0.2) is 0 Å². The molecule has 0 unspecified atom stereocenters. The van der Waals surface area contributed by atoms with Gasteiger partial charge in [0.25, 0.3) is 0 Å². The number of hydrogen-bond donors (Lipinski definition) is 0. The lowest BCUT2D eigenvalue weighted by molar-refractivity contribution is -0.151. The summed E-state index contributed by atoms with van der Waals surface area (Å²) in [6.45, 7) is 4.31. The number of allylic oxidation sites excluding steroid dienone is 2. The Bertz CT molecular complexity index is 205. The van der Waals surface area contributed by atoms with Gasteiger partial charge in [-0.2, -0.15) is 0 Å². The highest BCUT2D eigenvalue weighted by Crippen LogP contribution is 2.03. The Morgan fingerprint density at radius 3 is 2.13 bits per heavy atom. The van der Waals surface area contributed by atoms with E-state index >= 15 is 0 Å². The fourth-order valence-corrected chi connectivity index (χ4v) is 1.11. The van der Waals surface area contributed by atoms with Crippen molar-refractivity contribution in [2.24, 2.45) is 0 Å². The Morgan fingerprint density at radius 2 is 1.80 bits per heavy atom. The molecule has 1 saturated heterocycles. The highest BCUT2D eigenvalue weighted by Gasteiger charge is 2.19. The summed E-state index contributed by atoms with van der Waals surface area (Å²) >= 11 is 0. The monoisotopic (exact) mass is 212 g/mol. The van der Waals surface area contributed by atoms with Crippen molar-refractivity contribution in [2.75, 3.05) is 0 Å². The Balaban J connectivity index is 0.000000262. The van der Waals surface area contributed by atoms with E-state index in [-0.39, 0.29) is 12.8 Å². The van der Waals surface area contributed by atoms with E-state index < -0.39 is 11.9 Å². The predicted molar refractivity (Wildman–Crippen MR) is 59.3 cm³/mol. The second-order valence-electron chi connectivity index (χ2n) is 3.41. The van der Waals surface area contributed by atoms with Crippen LogP contribution in [0.15, 0.2) is 12.2 Å². The summed E-state index contributed by atoms with van der Waals surface area (Å²) in [5, 5.41) is 0. The zero-order valence-corrected chi connectivity index (χ0v) is 9.62. The SMILES string of the molecule is CC=CCCCCC.O=C1CCC(=O)O1. The summed E-state index contributed by atoms with van der Waals surface area (Å²) in [4.78, 5) is 20.0. The maximum Gasteiger partial charge on any atom is 0.314 e. The smallest absolute Gasteiger partial charge is 0.314 e. The summed E-state index contributed by atoms with van der Waals surface area (Å²) in [6.07, 6.45) is 10.2. The highest BCUT2D eigenvalue weighted by atomic mass is 16.6. The van der Waals surface area contributed by atoms with Crippen molar-refractivity contribution in [3.8, 4) is 0 Å². The van der Waals surface area contributed by atoms with Crippen LogP contribution >= 0.6 is 0 Å². The van der Waals surface area contributed by atoms with E-state index in [9.17, 15) is 9.59 Å². The molecule has 0 bridgehead atoms. The molecule has 1 fully saturated rings. The molecule has 0 amide bonds. The fourth-order valence-electron chi connectivity index (χ4n) is 1.11. The van der Waals surface area contributed by atoms with Crippen molar-refractivity contribution in [3.63, 3.8) is 0 Å².